The summed E-state index contributed by atoms with van der Waals surface area (Å²) in [6.07, 6.45) is 1.60. The molecule has 10 heteroatoms. The molecule has 0 atom stereocenters. The summed E-state index contributed by atoms with van der Waals surface area (Å²) in [6.45, 7) is 0. The van der Waals surface area contributed by atoms with Crippen LogP contribution in [0.3, 0.4) is 0 Å². The van der Waals surface area contributed by atoms with E-state index in [0.717, 1.165) is 35.1 Å². The minimum Gasteiger partial charge on any atom is -0.272 e. The fraction of sp³-hybridized carbons (Fsp3) is 0.111. The Hall–Kier alpha value is -1.39. The molecule has 0 bridgehead atoms. The molecule has 3 rings (SSSR count). The Morgan fingerprint density at radius 1 is 1.18 bits per heavy atom. The highest BCUT2D eigenvalue weighted by atomic mass is 79.9. The molecule has 0 radical (unpaired) electrons. The quantitative estimate of drug-likeness (QED) is 0.245. The highest BCUT2D eigenvalue weighted by Gasteiger charge is 2.09. The summed E-state index contributed by atoms with van der Waals surface area (Å²) >= 11 is 13.9. The molecule has 0 saturated carbocycles. The van der Waals surface area contributed by atoms with E-state index in [9.17, 15) is 4.79 Å². The van der Waals surface area contributed by atoms with Crippen LogP contribution in [0.2, 0.25) is 5.02 Å². The zero-order valence-corrected chi connectivity index (χ0v) is 19.1. The van der Waals surface area contributed by atoms with Gasteiger partial charge in [0.25, 0.3) is 5.91 Å². The predicted octanol–water partition coefficient (Wildman–Crippen LogP) is 5.49. The van der Waals surface area contributed by atoms with Crippen LogP contribution in [0.25, 0.3) is 0 Å². The number of hydrazone groups is 1. The molecular weight excluding hydrogens is 500 g/mol. The monoisotopic (exact) mass is 512 g/mol. The highest BCUT2D eigenvalue weighted by molar-refractivity contribution is 9.10. The second-order valence-electron chi connectivity index (χ2n) is 5.35. The molecule has 2 aromatic carbocycles. The molecule has 0 aliphatic carbocycles. The molecule has 0 fully saturated rings. The van der Waals surface area contributed by atoms with Crippen LogP contribution in [0.5, 0.6) is 0 Å². The second kappa shape index (κ2) is 11.0. The van der Waals surface area contributed by atoms with Crippen LogP contribution in [0.4, 0.5) is 0 Å². The minimum absolute atomic E-state index is 0.197. The average molecular weight is 514 g/mol. The number of aromatic nitrogens is 2. The van der Waals surface area contributed by atoms with Crippen molar-refractivity contribution in [3.63, 3.8) is 0 Å². The molecule has 3 aromatic rings. The van der Waals surface area contributed by atoms with Crippen LogP contribution in [0.1, 0.15) is 11.1 Å². The SMILES string of the molecule is O=C(CSc1nnc(SCc2ccccc2Cl)s1)NN=Cc1cccc(Br)c1. The second-order valence-corrected chi connectivity index (χ2v) is 10.1. The Morgan fingerprint density at radius 2 is 1.96 bits per heavy atom. The lowest BCUT2D eigenvalue weighted by atomic mass is 10.2. The third-order valence-electron chi connectivity index (χ3n) is 3.28. The van der Waals surface area contributed by atoms with Gasteiger partial charge in [-0.1, -0.05) is 92.7 Å². The van der Waals surface area contributed by atoms with E-state index in [0.29, 0.717) is 0 Å². The lowest BCUT2D eigenvalue weighted by Crippen LogP contribution is -2.19. The van der Waals surface area contributed by atoms with E-state index in [2.05, 4.69) is 36.7 Å². The van der Waals surface area contributed by atoms with Gasteiger partial charge in [-0.3, -0.25) is 4.79 Å². The molecule has 1 N–H and O–H groups in total. The maximum absolute atomic E-state index is 11.9. The maximum Gasteiger partial charge on any atom is 0.250 e. The van der Waals surface area contributed by atoms with Gasteiger partial charge >= 0.3 is 0 Å². The predicted molar refractivity (Wildman–Crippen MR) is 122 cm³/mol. The average Bonchev–Trinajstić information content (AvgIpc) is 3.14. The van der Waals surface area contributed by atoms with Gasteiger partial charge < -0.3 is 0 Å². The number of rotatable bonds is 8. The van der Waals surface area contributed by atoms with Crippen LogP contribution >= 0.6 is 62.4 Å². The smallest absolute Gasteiger partial charge is 0.250 e. The minimum atomic E-state index is -0.197. The van der Waals surface area contributed by atoms with E-state index in [4.69, 9.17) is 11.6 Å². The van der Waals surface area contributed by atoms with Crippen molar-refractivity contribution in [2.24, 2.45) is 5.10 Å². The zero-order valence-electron chi connectivity index (χ0n) is 14.3. The molecule has 144 valence electrons. The topological polar surface area (TPSA) is 67.2 Å². The molecule has 0 aliphatic rings. The first-order valence-corrected chi connectivity index (χ1v) is 12.0. The number of halogens is 2. The van der Waals surface area contributed by atoms with Crippen LogP contribution in [0, 0.1) is 0 Å². The Balaban J connectivity index is 1.42. The van der Waals surface area contributed by atoms with Crippen molar-refractivity contribution in [2.45, 2.75) is 14.4 Å². The van der Waals surface area contributed by atoms with E-state index < -0.39 is 0 Å². The van der Waals surface area contributed by atoms with Gasteiger partial charge in [-0.05, 0) is 29.3 Å². The molecule has 0 aliphatic heterocycles. The molecule has 0 saturated heterocycles. The standard InChI is InChI=1S/C18H14BrClN4OS3/c19-14-6-3-4-12(8-14)9-21-22-16(25)11-27-18-24-23-17(28-18)26-10-13-5-1-2-7-15(13)20/h1-9H,10-11H2,(H,22,25). The van der Waals surface area contributed by atoms with E-state index in [-0.39, 0.29) is 11.7 Å². The van der Waals surface area contributed by atoms with Crippen molar-refractivity contribution in [3.05, 3.63) is 69.2 Å². The van der Waals surface area contributed by atoms with Crippen LogP contribution in [0.15, 0.2) is 66.8 Å². The third-order valence-corrected chi connectivity index (χ3v) is 7.38. The molecule has 0 unspecified atom stereocenters. The number of amides is 1. The van der Waals surface area contributed by atoms with Gasteiger partial charge in [0.15, 0.2) is 8.68 Å². The first kappa shape index (κ1) is 21.3. The summed E-state index contributed by atoms with van der Waals surface area (Å²) in [5.74, 6) is 0.750. The van der Waals surface area contributed by atoms with E-state index in [1.54, 1.807) is 18.0 Å². The first-order chi connectivity index (χ1) is 13.6. The van der Waals surface area contributed by atoms with Gasteiger partial charge in [0.05, 0.1) is 12.0 Å². The Morgan fingerprint density at radius 3 is 2.75 bits per heavy atom. The summed E-state index contributed by atoms with van der Waals surface area (Å²) in [6, 6.07) is 15.4. The number of carbonyl (C=O) groups excluding carboxylic acids is 1. The van der Waals surface area contributed by atoms with Gasteiger partial charge in [0.2, 0.25) is 0 Å². The van der Waals surface area contributed by atoms with Gasteiger partial charge in [0, 0.05) is 15.2 Å². The molecule has 5 nitrogen and oxygen atoms in total. The first-order valence-electron chi connectivity index (χ1n) is 8.00. The lowest BCUT2D eigenvalue weighted by molar-refractivity contribution is -0.118. The zero-order chi connectivity index (χ0) is 19.8. The number of nitrogens with one attached hydrogen (secondary N) is 1. The van der Waals surface area contributed by atoms with Crippen LogP contribution in [-0.2, 0) is 10.5 Å². The summed E-state index contributed by atoms with van der Waals surface area (Å²) in [5.41, 5.74) is 4.46. The molecule has 1 heterocycles. The largest absolute Gasteiger partial charge is 0.272 e. The number of nitrogens with zero attached hydrogens (tertiary/aromatic N) is 3. The van der Waals surface area contributed by atoms with Crippen molar-refractivity contribution in [1.29, 1.82) is 0 Å². The lowest BCUT2D eigenvalue weighted by Gasteiger charge is -2.00. The van der Waals surface area contributed by atoms with Crippen molar-refractivity contribution < 1.29 is 4.79 Å². The number of thioether (sulfide) groups is 2. The number of hydrogen-bond donors (Lipinski definition) is 1. The summed E-state index contributed by atoms with van der Waals surface area (Å²) < 4.78 is 2.54. The van der Waals surface area contributed by atoms with Crippen LogP contribution in [-0.4, -0.2) is 28.1 Å². The van der Waals surface area contributed by atoms with E-state index in [1.165, 1.54) is 23.1 Å². The molecule has 0 spiro atoms. The maximum atomic E-state index is 11.9. The third kappa shape index (κ3) is 6.89. The van der Waals surface area contributed by atoms with E-state index in [1.807, 2.05) is 48.5 Å². The summed E-state index contributed by atoms with van der Waals surface area (Å²) in [5, 5.41) is 13.0. The van der Waals surface area contributed by atoms with Gasteiger partial charge in [-0.15, -0.1) is 10.2 Å². The van der Waals surface area contributed by atoms with Crippen molar-refractivity contribution in [2.75, 3.05) is 5.75 Å². The number of hydrogen-bond acceptors (Lipinski definition) is 7. The number of carbonyl (C=O) groups is 1. The van der Waals surface area contributed by atoms with Gasteiger partial charge in [-0.25, -0.2) is 5.43 Å². The molecule has 1 aromatic heterocycles. The van der Waals surface area contributed by atoms with Crippen molar-refractivity contribution >= 4 is 74.5 Å². The fourth-order valence-electron chi connectivity index (χ4n) is 1.99. The number of benzene rings is 2. The normalized spacial score (nSPS) is 11.1. The summed E-state index contributed by atoms with van der Waals surface area (Å²) in [7, 11) is 0. The van der Waals surface area contributed by atoms with Crippen molar-refractivity contribution in [1.82, 2.24) is 15.6 Å². The summed E-state index contributed by atoms with van der Waals surface area (Å²) in [4.78, 5) is 11.9. The van der Waals surface area contributed by atoms with E-state index >= 15 is 0 Å². The highest BCUT2D eigenvalue weighted by Crippen LogP contribution is 2.32. The molecular formula is C18H14BrClN4OS3. The molecule has 28 heavy (non-hydrogen) atoms. The van der Waals surface area contributed by atoms with Gasteiger partial charge in [0.1, 0.15) is 0 Å². The van der Waals surface area contributed by atoms with Crippen molar-refractivity contribution in [3.8, 4) is 0 Å². The Kier molecular flexibility index (Phi) is 8.35. The Labute approximate surface area is 188 Å². The molecule has 1 amide bonds. The fourth-order valence-corrected chi connectivity index (χ4v) is 5.51. The van der Waals surface area contributed by atoms with Gasteiger partial charge in [-0.2, -0.15) is 5.10 Å². The Bertz CT molecular complexity index is 983. The van der Waals surface area contributed by atoms with Crippen LogP contribution < -0.4 is 5.43 Å².